The van der Waals surface area contributed by atoms with Gasteiger partial charge in [-0.2, -0.15) is 0 Å². The highest BCUT2D eigenvalue weighted by Crippen LogP contribution is 2.30. The predicted octanol–water partition coefficient (Wildman–Crippen LogP) is 5.49. The standard InChI is InChI=1S/C29H43NO11/c1-18(2)16-36-27(33)40-24-12-11-21(14-25(24)41-28(34)37-17-19(3)4)13-23(26(31)32)30-15-20(5)38-29(35)39-22-9-7-6-8-10-22/h11-12,14,18-20,22-23,30H,6-10,13,15-17H2,1-5H3,(H,31,32)/t20?,23-/m0/s1. The van der Waals surface area contributed by atoms with E-state index in [-0.39, 0.29) is 55.6 Å². The molecule has 0 saturated heterocycles. The van der Waals surface area contributed by atoms with Gasteiger partial charge in [0.2, 0.25) is 0 Å². The SMILES string of the molecule is CC(C)COC(=O)Oc1ccc(C[C@H](NCC(C)OC(=O)OC2CCCCC2)C(=O)O)cc1OC(=O)OCC(C)C. The third-order valence-corrected chi connectivity index (χ3v) is 5.97. The molecule has 1 fully saturated rings. The fourth-order valence-corrected chi connectivity index (χ4v) is 3.89. The number of carbonyl (C=O) groups excluding carboxylic acids is 3. The molecule has 1 aromatic carbocycles. The van der Waals surface area contributed by atoms with Crippen molar-refractivity contribution in [3.8, 4) is 11.5 Å². The molecule has 230 valence electrons. The van der Waals surface area contributed by atoms with E-state index in [0.717, 1.165) is 32.1 Å². The van der Waals surface area contributed by atoms with E-state index in [4.69, 9.17) is 28.4 Å². The molecule has 41 heavy (non-hydrogen) atoms. The summed E-state index contributed by atoms with van der Waals surface area (Å²) in [6, 6.07) is 3.24. The maximum atomic E-state index is 12.2. The van der Waals surface area contributed by atoms with E-state index in [1.54, 1.807) is 6.92 Å². The highest BCUT2D eigenvalue weighted by molar-refractivity contribution is 5.74. The molecule has 0 amide bonds. The molecule has 12 heteroatoms. The lowest BCUT2D eigenvalue weighted by atomic mass is 9.98. The van der Waals surface area contributed by atoms with Crippen molar-refractivity contribution in [3.63, 3.8) is 0 Å². The van der Waals surface area contributed by atoms with Gasteiger partial charge < -0.3 is 38.8 Å². The Morgan fingerprint density at radius 2 is 1.44 bits per heavy atom. The van der Waals surface area contributed by atoms with Crippen molar-refractivity contribution < 1.29 is 52.7 Å². The number of ether oxygens (including phenoxy) is 6. The zero-order chi connectivity index (χ0) is 30.4. The molecule has 0 spiro atoms. The van der Waals surface area contributed by atoms with E-state index >= 15 is 0 Å². The van der Waals surface area contributed by atoms with Crippen LogP contribution in [0.2, 0.25) is 0 Å². The Kier molecular flexibility index (Phi) is 14.2. The zero-order valence-corrected chi connectivity index (χ0v) is 24.5. The largest absolute Gasteiger partial charge is 0.513 e. The van der Waals surface area contributed by atoms with Crippen molar-refractivity contribution >= 4 is 24.4 Å². The number of hydrogen-bond donors (Lipinski definition) is 2. The van der Waals surface area contributed by atoms with Crippen LogP contribution in [-0.2, 0) is 30.2 Å². The Labute approximate surface area is 240 Å². The highest BCUT2D eigenvalue weighted by atomic mass is 16.7. The van der Waals surface area contributed by atoms with Crippen LogP contribution in [0.4, 0.5) is 14.4 Å². The molecule has 0 aliphatic heterocycles. The molecule has 1 aliphatic rings. The van der Waals surface area contributed by atoms with E-state index in [0.29, 0.717) is 5.56 Å². The van der Waals surface area contributed by atoms with E-state index in [9.17, 15) is 24.3 Å². The van der Waals surface area contributed by atoms with E-state index < -0.39 is 36.6 Å². The minimum Gasteiger partial charge on any atom is -0.480 e. The van der Waals surface area contributed by atoms with Crippen molar-refractivity contribution in [2.45, 2.75) is 91.4 Å². The number of carboxylic acids is 1. The van der Waals surface area contributed by atoms with Crippen molar-refractivity contribution in [1.82, 2.24) is 5.32 Å². The molecule has 0 heterocycles. The average molecular weight is 582 g/mol. The second kappa shape index (κ2) is 17.3. The van der Waals surface area contributed by atoms with Gasteiger partial charge in [-0.15, -0.1) is 0 Å². The van der Waals surface area contributed by atoms with Crippen LogP contribution in [0.5, 0.6) is 11.5 Å². The number of benzene rings is 1. The summed E-state index contributed by atoms with van der Waals surface area (Å²) in [7, 11) is 0. The molecule has 1 aliphatic carbocycles. The number of carbonyl (C=O) groups is 4. The summed E-state index contributed by atoms with van der Waals surface area (Å²) in [5.74, 6) is -1.22. The fraction of sp³-hybridized carbons (Fsp3) is 0.655. The van der Waals surface area contributed by atoms with Crippen LogP contribution in [0.25, 0.3) is 0 Å². The molecule has 0 bridgehead atoms. The van der Waals surface area contributed by atoms with Gasteiger partial charge >= 0.3 is 24.4 Å². The molecule has 2 N–H and O–H groups in total. The summed E-state index contributed by atoms with van der Waals surface area (Å²) < 4.78 is 31.2. The zero-order valence-electron chi connectivity index (χ0n) is 24.5. The van der Waals surface area contributed by atoms with Crippen molar-refractivity contribution in [2.24, 2.45) is 11.8 Å². The molecule has 1 aromatic rings. The molecule has 2 atom stereocenters. The van der Waals surface area contributed by atoms with Crippen molar-refractivity contribution in [3.05, 3.63) is 23.8 Å². The van der Waals surface area contributed by atoms with Gasteiger partial charge in [0.1, 0.15) is 18.2 Å². The van der Waals surface area contributed by atoms with Gasteiger partial charge in [0, 0.05) is 6.54 Å². The number of carboxylic acid groups (broad SMARTS) is 1. The van der Waals surface area contributed by atoms with E-state index in [2.05, 4.69) is 5.32 Å². The van der Waals surface area contributed by atoms with Crippen LogP contribution < -0.4 is 14.8 Å². The second-order valence-electron chi connectivity index (χ2n) is 11.0. The van der Waals surface area contributed by atoms with Crippen molar-refractivity contribution in [2.75, 3.05) is 19.8 Å². The van der Waals surface area contributed by atoms with Crippen LogP contribution >= 0.6 is 0 Å². The summed E-state index contributed by atoms with van der Waals surface area (Å²) in [5.41, 5.74) is 0.463. The summed E-state index contributed by atoms with van der Waals surface area (Å²) in [6.45, 7) is 9.39. The Morgan fingerprint density at radius 3 is 2.00 bits per heavy atom. The van der Waals surface area contributed by atoms with Gasteiger partial charge in [0.05, 0.1) is 13.2 Å². The molecule has 12 nitrogen and oxygen atoms in total. The lowest BCUT2D eigenvalue weighted by Gasteiger charge is -2.23. The predicted molar refractivity (Wildman–Crippen MR) is 147 cm³/mol. The minimum absolute atomic E-state index is 0.0238. The first-order valence-electron chi connectivity index (χ1n) is 14.1. The van der Waals surface area contributed by atoms with Gasteiger partial charge in [0.15, 0.2) is 11.5 Å². The topological polar surface area (TPSA) is 156 Å². The lowest BCUT2D eigenvalue weighted by molar-refractivity contribution is -0.139. The first-order valence-corrected chi connectivity index (χ1v) is 14.1. The molecule has 1 unspecified atom stereocenters. The third-order valence-electron chi connectivity index (χ3n) is 5.97. The molecular weight excluding hydrogens is 538 g/mol. The first-order chi connectivity index (χ1) is 19.4. The number of rotatable bonds is 14. The quantitative estimate of drug-likeness (QED) is 0.162. The maximum Gasteiger partial charge on any atom is 0.513 e. The number of hydrogen-bond acceptors (Lipinski definition) is 11. The van der Waals surface area contributed by atoms with Gasteiger partial charge in [-0.05, 0) is 68.6 Å². The number of aliphatic carboxylic acids is 1. The third kappa shape index (κ3) is 13.6. The van der Waals surface area contributed by atoms with Crippen LogP contribution in [0.1, 0.15) is 72.3 Å². The summed E-state index contributed by atoms with van der Waals surface area (Å²) in [4.78, 5) is 48.4. The average Bonchev–Trinajstić information content (AvgIpc) is 2.90. The smallest absolute Gasteiger partial charge is 0.480 e. The molecule has 0 radical (unpaired) electrons. The normalized spacial score (nSPS) is 15.1. The molecular formula is C29H43NO11. The fourth-order valence-electron chi connectivity index (χ4n) is 3.89. The van der Waals surface area contributed by atoms with Gasteiger partial charge in [0.25, 0.3) is 0 Å². The summed E-state index contributed by atoms with van der Waals surface area (Å²) in [5, 5.41) is 12.6. The number of nitrogens with one attached hydrogen (secondary N) is 1. The summed E-state index contributed by atoms with van der Waals surface area (Å²) >= 11 is 0. The van der Waals surface area contributed by atoms with Crippen LogP contribution in [0, 0.1) is 11.8 Å². The monoisotopic (exact) mass is 581 g/mol. The van der Waals surface area contributed by atoms with Gasteiger partial charge in [-0.1, -0.05) is 40.2 Å². The molecule has 1 saturated carbocycles. The van der Waals surface area contributed by atoms with E-state index in [1.807, 2.05) is 27.7 Å². The van der Waals surface area contributed by atoms with Crippen LogP contribution in [-0.4, -0.2) is 67.6 Å². The second-order valence-corrected chi connectivity index (χ2v) is 11.0. The minimum atomic E-state index is -1.14. The summed E-state index contributed by atoms with van der Waals surface area (Å²) in [6.07, 6.45) is 1.20. The first kappa shape index (κ1) is 33.7. The van der Waals surface area contributed by atoms with Crippen LogP contribution in [0.15, 0.2) is 18.2 Å². The van der Waals surface area contributed by atoms with Gasteiger partial charge in [-0.25, -0.2) is 14.4 Å². The van der Waals surface area contributed by atoms with Crippen molar-refractivity contribution in [1.29, 1.82) is 0 Å². The Morgan fingerprint density at radius 1 is 0.854 bits per heavy atom. The Balaban J connectivity index is 2.04. The Hall–Kier alpha value is -3.54. The molecule has 2 rings (SSSR count). The maximum absolute atomic E-state index is 12.2. The van der Waals surface area contributed by atoms with Crippen LogP contribution in [0.3, 0.4) is 0 Å². The van der Waals surface area contributed by atoms with E-state index in [1.165, 1.54) is 18.2 Å². The van der Waals surface area contributed by atoms with Gasteiger partial charge in [-0.3, -0.25) is 4.79 Å². The molecule has 0 aromatic heterocycles. The lowest BCUT2D eigenvalue weighted by Crippen LogP contribution is -2.43. The Bertz CT molecular complexity index is 1000. The highest BCUT2D eigenvalue weighted by Gasteiger charge is 2.24.